The van der Waals surface area contributed by atoms with E-state index in [0.29, 0.717) is 29.8 Å². The van der Waals surface area contributed by atoms with E-state index in [1.165, 1.54) is 0 Å². The van der Waals surface area contributed by atoms with Gasteiger partial charge in [0.2, 0.25) is 5.67 Å². The number of esters is 1. The second kappa shape index (κ2) is 11.5. The summed E-state index contributed by atoms with van der Waals surface area (Å²) in [5, 5.41) is 6.57. The van der Waals surface area contributed by atoms with Crippen molar-refractivity contribution in [3.63, 3.8) is 0 Å². The molecule has 0 saturated carbocycles. The van der Waals surface area contributed by atoms with E-state index >= 15 is 4.39 Å². The smallest absolute Gasteiger partial charge is 0.345 e. The minimum Gasteiger partial charge on any atom is -0.489 e. The van der Waals surface area contributed by atoms with Crippen LogP contribution in [-0.2, 0) is 22.6 Å². The van der Waals surface area contributed by atoms with E-state index in [4.69, 9.17) is 32.7 Å². The fourth-order valence-electron chi connectivity index (χ4n) is 5.54. The molecule has 1 aliphatic heterocycles. The van der Waals surface area contributed by atoms with Crippen LogP contribution >= 0.6 is 23.2 Å². The molecule has 1 aliphatic carbocycles. The lowest BCUT2D eigenvalue weighted by molar-refractivity contribution is -0.161. The van der Waals surface area contributed by atoms with Crippen LogP contribution in [0.25, 0.3) is 15.9 Å². The number of hydrogen-bond donors (Lipinski definition) is 0. The van der Waals surface area contributed by atoms with Gasteiger partial charge in [-0.15, -0.1) is 0 Å². The second-order valence-corrected chi connectivity index (χ2v) is 11.4. The molecule has 1 unspecified atom stereocenters. The summed E-state index contributed by atoms with van der Waals surface area (Å²) in [6.45, 7) is 7.75. The molecule has 2 aliphatic rings. The zero-order valence-corrected chi connectivity index (χ0v) is 24.1. The van der Waals surface area contributed by atoms with E-state index in [2.05, 4.69) is 18.9 Å². The highest BCUT2D eigenvalue weighted by Gasteiger charge is 2.44. The summed E-state index contributed by atoms with van der Waals surface area (Å²) < 4.78 is 28.3. The molecule has 1 aromatic heterocycles. The van der Waals surface area contributed by atoms with Crippen LogP contribution in [-0.4, -0.2) is 52.6 Å². The van der Waals surface area contributed by atoms with Crippen molar-refractivity contribution in [2.75, 3.05) is 26.2 Å². The van der Waals surface area contributed by atoms with Gasteiger partial charge in [-0.25, -0.2) is 9.18 Å². The number of rotatable bonds is 8. The maximum Gasteiger partial charge on any atom is 0.345 e. The Labute approximate surface area is 238 Å². The molecule has 0 radical (unpaired) electrons. The van der Waals surface area contributed by atoms with E-state index in [1.54, 1.807) is 6.92 Å². The fourth-order valence-corrected chi connectivity index (χ4v) is 6.11. The Kier molecular flexibility index (Phi) is 8.22. The molecule has 2 heterocycles. The average Bonchev–Trinajstić information content (AvgIpc) is 3.25. The van der Waals surface area contributed by atoms with Crippen LogP contribution < -0.4 is 4.74 Å². The molecule has 39 heavy (non-hydrogen) atoms. The Hall–Kier alpha value is -2.61. The van der Waals surface area contributed by atoms with Crippen molar-refractivity contribution in [2.45, 2.75) is 64.8 Å². The molecule has 3 aromatic rings. The van der Waals surface area contributed by atoms with Crippen LogP contribution in [0.15, 0.2) is 42.0 Å². The number of aromatic nitrogens is 2. The lowest BCUT2D eigenvalue weighted by Gasteiger charge is -2.36. The standard InChI is InChI=1S/C30H34Cl2FN3O3/c1-4-38-29(37)30(33)12-5-13-35(18-30)16-22-8-7-21-15-23(9-10-24(21)27(22)31)39-17-20-6-11-26-25(14-20)28(32)34-36(26)19(2)3/h6,9-11,14-15,19H,4-5,7-8,12-13,16-18H2,1-3H3. The van der Waals surface area contributed by atoms with Crippen LogP contribution in [0.3, 0.4) is 0 Å². The molecular formula is C30H34Cl2FN3O3. The van der Waals surface area contributed by atoms with E-state index < -0.39 is 11.6 Å². The van der Waals surface area contributed by atoms with Crippen molar-refractivity contribution >= 4 is 45.1 Å². The number of piperidine rings is 1. The maximum atomic E-state index is 15.3. The molecule has 0 bridgehead atoms. The van der Waals surface area contributed by atoms with Crippen molar-refractivity contribution in [3.8, 4) is 5.75 Å². The summed E-state index contributed by atoms with van der Waals surface area (Å²) in [4.78, 5) is 14.2. The lowest BCUT2D eigenvalue weighted by atomic mass is 9.90. The summed E-state index contributed by atoms with van der Waals surface area (Å²) in [5.41, 5.74) is 3.24. The van der Waals surface area contributed by atoms with Gasteiger partial charge in [-0.1, -0.05) is 29.3 Å². The highest BCUT2D eigenvalue weighted by molar-refractivity contribution is 6.49. The predicted molar refractivity (Wildman–Crippen MR) is 153 cm³/mol. The van der Waals surface area contributed by atoms with Gasteiger partial charge in [0, 0.05) is 29.5 Å². The third-order valence-electron chi connectivity index (χ3n) is 7.52. The first-order chi connectivity index (χ1) is 18.7. The Bertz CT molecular complexity index is 1420. The normalized spacial score (nSPS) is 20.0. The van der Waals surface area contributed by atoms with Gasteiger partial charge in [-0.05, 0) is 106 Å². The number of hydrogen-bond acceptors (Lipinski definition) is 5. The first-order valence-corrected chi connectivity index (χ1v) is 14.3. The van der Waals surface area contributed by atoms with E-state index in [9.17, 15) is 4.79 Å². The summed E-state index contributed by atoms with van der Waals surface area (Å²) in [7, 11) is 0. The van der Waals surface area contributed by atoms with E-state index in [1.807, 2.05) is 46.0 Å². The molecule has 0 N–H and O–H groups in total. The number of fused-ring (bicyclic) bond motifs is 2. The molecular weight excluding hydrogens is 540 g/mol. The van der Waals surface area contributed by atoms with Gasteiger partial charge in [0.25, 0.3) is 0 Å². The summed E-state index contributed by atoms with van der Waals surface area (Å²) in [5.74, 6) is 0.0170. The topological polar surface area (TPSA) is 56.6 Å². The van der Waals surface area contributed by atoms with Gasteiger partial charge >= 0.3 is 5.97 Å². The highest BCUT2D eigenvalue weighted by atomic mass is 35.5. The number of ether oxygens (including phenoxy) is 2. The lowest BCUT2D eigenvalue weighted by Crippen LogP contribution is -2.51. The van der Waals surface area contributed by atoms with Gasteiger partial charge in [0.15, 0.2) is 5.15 Å². The fraction of sp³-hybridized carbons (Fsp3) is 0.467. The first-order valence-electron chi connectivity index (χ1n) is 13.6. The zero-order chi connectivity index (χ0) is 27.7. The maximum absolute atomic E-state index is 15.3. The largest absolute Gasteiger partial charge is 0.489 e. The van der Waals surface area contributed by atoms with Crippen LogP contribution in [0.5, 0.6) is 5.75 Å². The molecule has 9 heteroatoms. The third-order valence-corrected chi connectivity index (χ3v) is 8.27. The number of alkyl halides is 1. The Morgan fingerprint density at radius 3 is 2.77 bits per heavy atom. The Balaban J connectivity index is 1.26. The highest BCUT2D eigenvalue weighted by Crippen LogP contribution is 2.37. The number of likely N-dealkylation sites (tertiary alicyclic amines) is 1. The second-order valence-electron chi connectivity index (χ2n) is 10.7. The SMILES string of the molecule is CCOC(=O)C1(F)CCCN(CC2=C(Cl)c3ccc(OCc4ccc5c(c4)c(Cl)nn5C(C)C)cc3CC2)C1. The molecule has 1 atom stereocenters. The molecule has 1 fully saturated rings. The molecule has 0 spiro atoms. The number of aryl methyl sites for hydroxylation is 1. The van der Waals surface area contributed by atoms with Crippen molar-refractivity contribution in [2.24, 2.45) is 0 Å². The van der Waals surface area contributed by atoms with Crippen molar-refractivity contribution in [1.29, 1.82) is 0 Å². The minimum atomic E-state index is -1.95. The number of carbonyl (C=O) groups is 1. The molecule has 6 nitrogen and oxygen atoms in total. The van der Waals surface area contributed by atoms with Crippen molar-refractivity contribution in [3.05, 3.63) is 63.8 Å². The molecule has 0 amide bonds. The van der Waals surface area contributed by atoms with Gasteiger partial charge < -0.3 is 9.47 Å². The average molecular weight is 575 g/mol. The zero-order valence-electron chi connectivity index (χ0n) is 22.6. The first kappa shape index (κ1) is 27.9. The van der Waals surface area contributed by atoms with Gasteiger partial charge in [-0.3, -0.25) is 9.58 Å². The van der Waals surface area contributed by atoms with Gasteiger partial charge in [0.1, 0.15) is 12.4 Å². The number of benzene rings is 2. The Morgan fingerprint density at radius 1 is 1.18 bits per heavy atom. The van der Waals surface area contributed by atoms with Crippen LogP contribution in [0, 0.1) is 0 Å². The van der Waals surface area contributed by atoms with E-state index in [0.717, 1.165) is 58.3 Å². The number of carbonyl (C=O) groups excluding carboxylic acids is 1. The quantitative estimate of drug-likeness (QED) is 0.269. The summed E-state index contributed by atoms with van der Waals surface area (Å²) in [6, 6.07) is 12.3. The molecule has 1 saturated heterocycles. The van der Waals surface area contributed by atoms with Crippen LogP contribution in [0.2, 0.25) is 5.15 Å². The third kappa shape index (κ3) is 5.81. The molecule has 5 rings (SSSR count). The van der Waals surface area contributed by atoms with Gasteiger partial charge in [0.05, 0.1) is 12.1 Å². The van der Waals surface area contributed by atoms with Crippen molar-refractivity contribution < 1.29 is 18.7 Å². The Morgan fingerprint density at radius 2 is 2.00 bits per heavy atom. The predicted octanol–water partition coefficient (Wildman–Crippen LogP) is 7.11. The van der Waals surface area contributed by atoms with Crippen LogP contribution in [0.4, 0.5) is 4.39 Å². The number of nitrogens with zero attached hydrogens (tertiary/aromatic N) is 3. The van der Waals surface area contributed by atoms with Crippen LogP contribution in [0.1, 0.15) is 62.8 Å². The van der Waals surface area contributed by atoms with Gasteiger partial charge in [-0.2, -0.15) is 5.10 Å². The van der Waals surface area contributed by atoms with Crippen molar-refractivity contribution in [1.82, 2.24) is 14.7 Å². The van der Waals surface area contributed by atoms with E-state index in [-0.39, 0.29) is 25.6 Å². The number of halogens is 3. The minimum absolute atomic E-state index is 0.0361. The monoisotopic (exact) mass is 573 g/mol. The molecule has 2 aromatic carbocycles. The summed E-state index contributed by atoms with van der Waals surface area (Å²) in [6.07, 6.45) is 2.40. The summed E-state index contributed by atoms with van der Waals surface area (Å²) >= 11 is 13.2. The molecule has 208 valence electrons.